The number of hydrogen-bond acceptors (Lipinski definition) is 5. The second-order valence-corrected chi connectivity index (χ2v) is 13.2. The Morgan fingerprint density at radius 3 is 1.19 bits per heavy atom. The highest BCUT2D eigenvalue weighted by molar-refractivity contribution is 7.58. The minimum Gasteiger partial charge on any atom is -0.396 e. The van der Waals surface area contributed by atoms with Gasteiger partial charge in [-0.3, -0.25) is 0 Å². The summed E-state index contributed by atoms with van der Waals surface area (Å²) >= 11 is 0. The van der Waals surface area contributed by atoms with Crippen LogP contribution in [0, 0.1) is 0 Å². The van der Waals surface area contributed by atoms with Crippen LogP contribution in [0.2, 0.25) is 0 Å². The summed E-state index contributed by atoms with van der Waals surface area (Å²) in [6.07, 6.45) is 14.7. The van der Waals surface area contributed by atoms with E-state index in [-0.39, 0.29) is 42.3 Å². The Hall–Kier alpha value is -0.280. The van der Waals surface area contributed by atoms with Crippen LogP contribution in [0.25, 0.3) is 0 Å². The molecule has 0 amide bonds. The molecule has 0 spiro atoms. The number of para-hydroxylation sites is 1. The predicted molar refractivity (Wildman–Crippen MR) is 137 cm³/mol. The monoisotopic (exact) mass is 473 g/mol. The maximum atomic E-state index is 9.21. The largest absolute Gasteiger partial charge is 0.396 e. The number of aliphatic hydroxyl groups excluding tert-OH is 4. The first-order valence-corrected chi connectivity index (χ1v) is 15.7. The minimum absolute atomic E-state index is 0.175. The van der Waals surface area contributed by atoms with E-state index in [1.807, 2.05) is 0 Å². The van der Waals surface area contributed by atoms with Crippen LogP contribution < -0.4 is 4.90 Å². The van der Waals surface area contributed by atoms with E-state index in [9.17, 15) is 20.4 Å². The average Bonchev–Trinajstić information content (AvgIpc) is 2.79. The summed E-state index contributed by atoms with van der Waals surface area (Å²) in [7, 11) is -0.351. The molecule has 31 heavy (non-hydrogen) atoms. The Bertz CT molecular complexity index is 464. The van der Waals surface area contributed by atoms with Crippen LogP contribution in [0.15, 0.2) is 30.3 Å². The quantitative estimate of drug-likeness (QED) is 0.157. The molecule has 0 fully saturated rings. The molecule has 1 aromatic rings. The zero-order valence-electron chi connectivity index (χ0n) is 19.2. The average molecular weight is 474 g/mol. The van der Waals surface area contributed by atoms with Crippen molar-refractivity contribution >= 4 is 21.5 Å². The maximum Gasteiger partial charge on any atom is 0.0431 e. The van der Waals surface area contributed by atoms with E-state index in [0.29, 0.717) is 0 Å². The van der Waals surface area contributed by atoms with Gasteiger partial charge in [-0.05, 0) is 88.1 Å². The highest BCUT2D eigenvalue weighted by atomic mass is 31.1. The Kier molecular flexibility index (Phi) is 18.9. The molecule has 0 heterocycles. The van der Waals surface area contributed by atoms with Crippen LogP contribution in [-0.4, -0.2) is 84.1 Å². The van der Waals surface area contributed by atoms with Gasteiger partial charge in [0.25, 0.3) is 0 Å². The number of anilines is 1. The summed E-state index contributed by atoms with van der Waals surface area (Å²) in [5.41, 5.74) is 1.29. The van der Waals surface area contributed by atoms with Crippen molar-refractivity contribution in [3.63, 3.8) is 0 Å². The molecule has 0 aliphatic carbocycles. The molecule has 4 N–H and O–H groups in total. The highest BCUT2D eigenvalue weighted by Crippen LogP contribution is 2.44. The predicted octanol–water partition coefficient (Wildman–Crippen LogP) is 4.46. The summed E-state index contributed by atoms with van der Waals surface area (Å²) in [5.74, 6) is 0. The molecule has 0 radical (unpaired) electrons. The van der Waals surface area contributed by atoms with Gasteiger partial charge in [-0.15, -0.1) is 0 Å². The third-order valence-corrected chi connectivity index (χ3v) is 10.7. The SMILES string of the molecule is OCCCCP(CCCCO)CN(CP(CCCCO)CCCCO)c1ccccc1. The van der Waals surface area contributed by atoms with E-state index in [1.54, 1.807) is 0 Å². The van der Waals surface area contributed by atoms with Crippen molar-refractivity contribution in [3.05, 3.63) is 30.3 Å². The summed E-state index contributed by atoms with van der Waals surface area (Å²) < 4.78 is 0. The molecule has 0 saturated carbocycles. The zero-order valence-corrected chi connectivity index (χ0v) is 21.0. The van der Waals surface area contributed by atoms with Crippen molar-refractivity contribution in [2.45, 2.75) is 51.4 Å². The fourth-order valence-electron chi connectivity index (χ4n) is 3.62. The molecule has 0 aromatic heterocycles. The van der Waals surface area contributed by atoms with Gasteiger partial charge in [0.05, 0.1) is 0 Å². The lowest BCUT2D eigenvalue weighted by Gasteiger charge is -2.33. The number of rotatable bonds is 21. The van der Waals surface area contributed by atoms with Crippen molar-refractivity contribution in [1.82, 2.24) is 0 Å². The molecule has 0 bridgehead atoms. The Labute approximate surface area is 192 Å². The third kappa shape index (κ3) is 14.5. The van der Waals surface area contributed by atoms with Gasteiger partial charge in [0.1, 0.15) is 0 Å². The number of nitrogens with zero attached hydrogens (tertiary/aromatic N) is 1. The van der Waals surface area contributed by atoms with E-state index in [1.165, 1.54) is 30.3 Å². The van der Waals surface area contributed by atoms with Crippen LogP contribution in [0.4, 0.5) is 5.69 Å². The fourth-order valence-corrected chi connectivity index (χ4v) is 8.97. The molecule has 1 rings (SSSR count). The molecule has 7 heteroatoms. The number of aliphatic hydroxyl groups is 4. The number of hydrogen-bond donors (Lipinski definition) is 4. The van der Waals surface area contributed by atoms with E-state index >= 15 is 0 Å². The maximum absolute atomic E-state index is 9.21. The van der Waals surface area contributed by atoms with Gasteiger partial charge in [-0.25, -0.2) is 0 Å². The Morgan fingerprint density at radius 2 is 0.871 bits per heavy atom. The van der Waals surface area contributed by atoms with Crippen LogP contribution in [-0.2, 0) is 0 Å². The van der Waals surface area contributed by atoms with Crippen LogP contribution in [0.1, 0.15) is 51.4 Å². The van der Waals surface area contributed by atoms with E-state index in [0.717, 1.165) is 63.9 Å². The number of benzene rings is 1. The van der Waals surface area contributed by atoms with Crippen LogP contribution in [0.5, 0.6) is 0 Å². The van der Waals surface area contributed by atoms with Crippen molar-refractivity contribution < 1.29 is 20.4 Å². The van der Waals surface area contributed by atoms with Gasteiger partial charge in [-0.2, -0.15) is 0 Å². The van der Waals surface area contributed by atoms with Crippen molar-refractivity contribution in [2.75, 3.05) is 68.5 Å². The van der Waals surface area contributed by atoms with E-state index < -0.39 is 0 Å². The lowest BCUT2D eigenvalue weighted by atomic mass is 10.3. The topological polar surface area (TPSA) is 84.2 Å². The lowest BCUT2D eigenvalue weighted by molar-refractivity contribution is 0.286. The second-order valence-electron chi connectivity index (χ2n) is 8.12. The van der Waals surface area contributed by atoms with Crippen LogP contribution in [0.3, 0.4) is 0 Å². The summed E-state index contributed by atoms with van der Waals surface area (Å²) in [6.45, 7) is 1.07. The first-order chi connectivity index (χ1) is 15.2. The van der Waals surface area contributed by atoms with Gasteiger partial charge in [0.15, 0.2) is 0 Å². The first-order valence-electron chi connectivity index (χ1n) is 11.9. The smallest absolute Gasteiger partial charge is 0.0431 e. The second kappa shape index (κ2) is 20.3. The molecule has 0 saturated heterocycles. The molecule has 0 unspecified atom stereocenters. The van der Waals surface area contributed by atoms with Gasteiger partial charge >= 0.3 is 0 Å². The van der Waals surface area contributed by atoms with E-state index in [4.69, 9.17) is 0 Å². The molecule has 1 aromatic carbocycles. The molecular formula is C24H45NO4P2. The number of unbranched alkanes of at least 4 members (excludes halogenated alkanes) is 4. The van der Waals surface area contributed by atoms with Gasteiger partial charge < -0.3 is 25.3 Å². The normalized spacial score (nSPS) is 11.5. The van der Waals surface area contributed by atoms with Gasteiger partial charge in [0.2, 0.25) is 0 Å². The third-order valence-electron chi connectivity index (χ3n) is 5.39. The summed E-state index contributed by atoms with van der Waals surface area (Å²) in [5, 5.41) is 36.8. The zero-order chi connectivity index (χ0) is 22.6. The highest BCUT2D eigenvalue weighted by Gasteiger charge is 2.18. The van der Waals surface area contributed by atoms with E-state index in [2.05, 4.69) is 35.2 Å². The first kappa shape index (κ1) is 28.8. The molecule has 0 aliphatic heterocycles. The van der Waals surface area contributed by atoms with Crippen molar-refractivity contribution in [1.29, 1.82) is 0 Å². The van der Waals surface area contributed by atoms with Crippen molar-refractivity contribution in [2.24, 2.45) is 0 Å². The standard InChI is InChI=1S/C24H45NO4P2/c26-14-4-8-18-30(19-9-5-15-27)22-25(24-12-2-1-3-13-24)23-31(20-10-6-16-28)21-11-7-17-29/h1-3,12-13,26-29H,4-11,14-23H2. The Morgan fingerprint density at radius 1 is 0.516 bits per heavy atom. The molecule has 180 valence electrons. The fraction of sp³-hybridized carbons (Fsp3) is 0.750. The lowest BCUT2D eigenvalue weighted by Crippen LogP contribution is -2.26. The molecular weight excluding hydrogens is 428 g/mol. The Balaban J connectivity index is 2.87. The van der Waals surface area contributed by atoms with Crippen molar-refractivity contribution in [3.8, 4) is 0 Å². The molecule has 0 aliphatic rings. The minimum atomic E-state index is -0.175. The molecule has 5 nitrogen and oxygen atoms in total. The molecule has 0 atom stereocenters. The summed E-state index contributed by atoms with van der Waals surface area (Å²) in [4.78, 5) is 2.59. The van der Waals surface area contributed by atoms with Gasteiger partial charge in [-0.1, -0.05) is 34.0 Å². The van der Waals surface area contributed by atoms with Gasteiger partial charge in [0, 0.05) is 44.7 Å². The summed E-state index contributed by atoms with van der Waals surface area (Å²) in [6, 6.07) is 10.7. The van der Waals surface area contributed by atoms with Crippen LogP contribution >= 0.6 is 15.8 Å².